The molecule has 1 heterocycles. The summed E-state index contributed by atoms with van der Waals surface area (Å²) in [5.74, 6) is -1.58. The number of hydrogen-bond acceptors (Lipinski definition) is 5. The van der Waals surface area contributed by atoms with Crippen molar-refractivity contribution < 1.29 is 23.8 Å². The van der Waals surface area contributed by atoms with E-state index in [-0.39, 0.29) is 12.2 Å². The minimum atomic E-state index is -1.11. The zero-order chi connectivity index (χ0) is 19.6. The van der Waals surface area contributed by atoms with Crippen LogP contribution in [0.15, 0.2) is 48.5 Å². The van der Waals surface area contributed by atoms with Gasteiger partial charge in [-0.3, -0.25) is 9.59 Å². The fraction of sp³-hybridized carbons (Fsp3) is 0.364. The smallest absolute Gasteiger partial charge is 0.321 e. The second kappa shape index (κ2) is 7.82. The molecule has 0 saturated carbocycles. The highest BCUT2D eigenvalue weighted by atomic mass is 16.6. The van der Waals surface area contributed by atoms with Crippen LogP contribution >= 0.6 is 0 Å². The van der Waals surface area contributed by atoms with E-state index in [2.05, 4.69) is 0 Å². The Morgan fingerprint density at radius 3 is 1.59 bits per heavy atom. The Labute approximate surface area is 159 Å². The van der Waals surface area contributed by atoms with Crippen molar-refractivity contribution in [2.45, 2.75) is 45.8 Å². The van der Waals surface area contributed by atoms with Crippen molar-refractivity contribution in [3.8, 4) is 11.5 Å². The van der Waals surface area contributed by atoms with Gasteiger partial charge in [0.25, 0.3) is 0 Å². The predicted octanol–water partition coefficient (Wildman–Crippen LogP) is 4.44. The van der Waals surface area contributed by atoms with Crippen molar-refractivity contribution in [1.29, 1.82) is 0 Å². The third kappa shape index (κ3) is 3.97. The molecular formula is C22H24O5. The summed E-state index contributed by atoms with van der Waals surface area (Å²) in [7, 11) is 0. The van der Waals surface area contributed by atoms with E-state index in [9.17, 15) is 9.59 Å². The van der Waals surface area contributed by atoms with E-state index < -0.39 is 23.8 Å². The molecule has 0 unspecified atom stereocenters. The van der Waals surface area contributed by atoms with Gasteiger partial charge in [0, 0.05) is 17.0 Å². The zero-order valence-corrected chi connectivity index (χ0v) is 16.0. The minimum Gasteiger partial charge on any atom is -0.462 e. The van der Waals surface area contributed by atoms with E-state index in [4.69, 9.17) is 14.2 Å². The lowest BCUT2D eigenvalue weighted by Gasteiger charge is -2.32. The van der Waals surface area contributed by atoms with Gasteiger partial charge in [-0.15, -0.1) is 0 Å². The van der Waals surface area contributed by atoms with Crippen molar-refractivity contribution >= 4 is 11.9 Å². The van der Waals surface area contributed by atoms with Gasteiger partial charge in [-0.25, -0.2) is 0 Å². The van der Waals surface area contributed by atoms with Crippen LogP contribution in [0.3, 0.4) is 0 Å². The van der Waals surface area contributed by atoms with Crippen molar-refractivity contribution in [2.75, 3.05) is 0 Å². The molecule has 0 amide bonds. The van der Waals surface area contributed by atoms with Gasteiger partial charge in [0.15, 0.2) is 5.92 Å². The Kier molecular flexibility index (Phi) is 5.49. The van der Waals surface area contributed by atoms with Gasteiger partial charge in [-0.2, -0.15) is 0 Å². The minimum absolute atomic E-state index is 0.336. The van der Waals surface area contributed by atoms with E-state index in [1.807, 2.05) is 48.5 Å². The summed E-state index contributed by atoms with van der Waals surface area (Å²) < 4.78 is 16.8. The average Bonchev–Trinajstić information content (AvgIpc) is 2.60. The number of carbonyl (C=O) groups excluding carboxylic acids is 2. The third-order valence-electron chi connectivity index (χ3n) is 4.27. The molecule has 0 atom stereocenters. The topological polar surface area (TPSA) is 61.8 Å². The highest BCUT2D eigenvalue weighted by Crippen LogP contribution is 2.48. The first kappa shape index (κ1) is 19.0. The molecule has 0 spiro atoms. The Bertz CT molecular complexity index is 773. The van der Waals surface area contributed by atoms with Crippen LogP contribution in [0.1, 0.15) is 44.7 Å². The van der Waals surface area contributed by atoms with Crippen molar-refractivity contribution in [3.63, 3.8) is 0 Å². The SMILES string of the molecule is CC(C)OC(=O)C(C(=O)OC(C)C)C1c2ccccc2Oc2ccccc21. The molecule has 142 valence electrons. The molecule has 1 aliphatic rings. The maximum absolute atomic E-state index is 12.9. The number of benzene rings is 2. The lowest BCUT2D eigenvalue weighted by Crippen LogP contribution is -2.37. The highest BCUT2D eigenvalue weighted by molar-refractivity contribution is 5.97. The van der Waals surface area contributed by atoms with E-state index in [0.29, 0.717) is 11.5 Å². The fourth-order valence-electron chi connectivity index (χ4n) is 3.29. The van der Waals surface area contributed by atoms with Crippen molar-refractivity contribution in [2.24, 2.45) is 5.92 Å². The van der Waals surface area contributed by atoms with Crippen LogP contribution in [0, 0.1) is 5.92 Å². The number of ether oxygens (including phenoxy) is 3. The molecular weight excluding hydrogens is 344 g/mol. The normalized spacial score (nSPS) is 13.1. The highest BCUT2D eigenvalue weighted by Gasteiger charge is 2.44. The first-order valence-corrected chi connectivity index (χ1v) is 9.15. The first-order chi connectivity index (χ1) is 12.9. The van der Waals surface area contributed by atoms with Crippen LogP contribution in [-0.4, -0.2) is 24.1 Å². The summed E-state index contributed by atoms with van der Waals surface area (Å²) in [6.07, 6.45) is -0.672. The maximum atomic E-state index is 12.9. The molecule has 0 aliphatic carbocycles. The number of carbonyl (C=O) groups is 2. The van der Waals surface area contributed by atoms with Gasteiger partial charge in [-0.05, 0) is 39.8 Å². The number of fused-ring (bicyclic) bond motifs is 2. The summed E-state index contributed by atoms with van der Waals surface area (Å²) in [5.41, 5.74) is 1.53. The monoisotopic (exact) mass is 368 g/mol. The molecule has 2 aromatic carbocycles. The van der Waals surface area contributed by atoms with Crippen LogP contribution < -0.4 is 4.74 Å². The standard InChI is InChI=1S/C22H24O5/c1-13(2)25-21(23)20(22(24)26-14(3)4)19-15-9-5-7-11-17(15)27-18-12-8-6-10-16(18)19/h5-14,19-20H,1-4H3. The van der Waals surface area contributed by atoms with Crippen LogP contribution in [0.2, 0.25) is 0 Å². The number of hydrogen-bond donors (Lipinski definition) is 0. The van der Waals surface area contributed by atoms with Crippen molar-refractivity contribution in [3.05, 3.63) is 59.7 Å². The summed E-state index contributed by atoms with van der Waals surface area (Å²) >= 11 is 0. The summed E-state index contributed by atoms with van der Waals surface area (Å²) in [6.45, 7) is 7.03. The van der Waals surface area contributed by atoms with E-state index in [1.54, 1.807) is 27.7 Å². The zero-order valence-electron chi connectivity index (χ0n) is 16.0. The lowest BCUT2D eigenvalue weighted by molar-refractivity contribution is -0.167. The van der Waals surface area contributed by atoms with Crippen LogP contribution in [0.5, 0.6) is 11.5 Å². The molecule has 5 heteroatoms. The first-order valence-electron chi connectivity index (χ1n) is 9.15. The Morgan fingerprint density at radius 1 is 0.778 bits per heavy atom. The number of rotatable bonds is 5. The Morgan fingerprint density at radius 2 is 1.19 bits per heavy atom. The lowest BCUT2D eigenvalue weighted by atomic mass is 9.78. The maximum Gasteiger partial charge on any atom is 0.321 e. The Balaban J connectivity index is 2.13. The molecule has 3 rings (SSSR count). The second-order valence-electron chi connectivity index (χ2n) is 7.10. The molecule has 0 saturated heterocycles. The van der Waals surface area contributed by atoms with Crippen molar-refractivity contribution in [1.82, 2.24) is 0 Å². The number of esters is 2. The van der Waals surface area contributed by atoms with Crippen LogP contribution in [0.4, 0.5) is 0 Å². The fourth-order valence-corrected chi connectivity index (χ4v) is 3.29. The van der Waals surface area contributed by atoms with E-state index >= 15 is 0 Å². The van der Waals surface area contributed by atoms with Gasteiger partial charge in [0.2, 0.25) is 0 Å². The molecule has 0 radical (unpaired) electrons. The van der Waals surface area contributed by atoms with Gasteiger partial charge in [-0.1, -0.05) is 36.4 Å². The third-order valence-corrected chi connectivity index (χ3v) is 4.27. The molecule has 0 bridgehead atoms. The number of para-hydroxylation sites is 2. The summed E-state index contributed by atoms with van der Waals surface area (Å²) in [4.78, 5) is 25.9. The molecule has 0 fully saturated rings. The molecule has 5 nitrogen and oxygen atoms in total. The largest absolute Gasteiger partial charge is 0.462 e. The summed E-state index contributed by atoms with van der Waals surface area (Å²) in [5, 5.41) is 0. The average molecular weight is 368 g/mol. The molecule has 0 N–H and O–H groups in total. The molecule has 27 heavy (non-hydrogen) atoms. The van der Waals surface area contributed by atoms with Gasteiger partial charge in [0.05, 0.1) is 12.2 Å². The Hall–Kier alpha value is -2.82. The van der Waals surface area contributed by atoms with Gasteiger partial charge < -0.3 is 14.2 Å². The van der Waals surface area contributed by atoms with Gasteiger partial charge >= 0.3 is 11.9 Å². The predicted molar refractivity (Wildman–Crippen MR) is 101 cm³/mol. The summed E-state index contributed by atoms with van der Waals surface area (Å²) in [6, 6.07) is 14.8. The van der Waals surface area contributed by atoms with Gasteiger partial charge in [0.1, 0.15) is 11.5 Å². The molecule has 0 aromatic heterocycles. The van der Waals surface area contributed by atoms with E-state index in [0.717, 1.165) is 11.1 Å². The molecule has 1 aliphatic heterocycles. The second-order valence-corrected chi connectivity index (χ2v) is 7.10. The van der Waals surface area contributed by atoms with Crippen LogP contribution in [0.25, 0.3) is 0 Å². The van der Waals surface area contributed by atoms with Crippen LogP contribution in [-0.2, 0) is 19.1 Å². The molecule has 2 aromatic rings. The quantitative estimate of drug-likeness (QED) is 0.577. The van der Waals surface area contributed by atoms with E-state index in [1.165, 1.54) is 0 Å².